The highest BCUT2D eigenvalue weighted by molar-refractivity contribution is 6.04. The smallest absolute Gasteiger partial charge is 0.328 e. The molecule has 1 heterocycles. The van der Waals surface area contributed by atoms with Crippen LogP contribution in [0.4, 0.5) is 10.1 Å². The topological polar surface area (TPSA) is 92.4 Å². The summed E-state index contributed by atoms with van der Waals surface area (Å²) >= 11 is 0. The fraction of sp³-hybridized carbons (Fsp3) is 0. The van der Waals surface area contributed by atoms with E-state index >= 15 is 0 Å². The molecule has 0 saturated carbocycles. The number of aliphatic carboxylic acids is 1. The Balaban J connectivity index is 2.16. The van der Waals surface area contributed by atoms with E-state index in [-0.39, 0.29) is 11.1 Å². The van der Waals surface area contributed by atoms with Crippen LogP contribution < -0.4 is 5.32 Å². The van der Waals surface area contributed by atoms with Crippen molar-refractivity contribution in [3.05, 3.63) is 53.7 Å². The number of nitrogens with zero attached hydrogens (tertiary/aromatic N) is 1. The minimum atomic E-state index is -1.18. The van der Waals surface area contributed by atoms with Gasteiger partial charge in [-0.2, -0.15) is 0 Å². The molecule has 1 aromatic heterocycles. The number of carboxylic acid groups (broad SMARTS) is 1. The second-order valence-corrected chi connectivity index (χ2v) is 3.78. The summed E-state index contributed by atoms with van der Waals surface area (Å²) in [7, 11) is 0. The van der Waals surface area contributed by atoms with E-state index in [1.165, 1.54) is 24.6 Å². The average Bonchev–Trinajstić information content (AvgIpc) is 2.89. The normalized spacial score (nSPS) is 10.7. The minimum Gasteiger partial charge on any atom is -0.478 e. The molecule has 6 nitrogen and oxygen atoms in total. The van der Waals surface area contributed by atoms with Crippen molar-refractivity contribution in [1.29, 1.82) is 0 Å². The number of anilines is 1. The molecular weight excluding hydrogens is 267 g/mol. The molecular formula is C13H9FN2O4. The number of carboxylic acids is 1. The number of rotatable bonds is 4. The van der Waals surface area contributed by atoms with Gasteiger partial charge in [0, 0.05) is 17.2 Å². The molecule has 0 aliphatic carbocycles. The molecule has 0 aliphatic rings. The fourth-order valence-corrected chi connectivity index (χ4v) is 1.43. The van der Waals surface area contributed by atoms with Gasteiger partial charge in [-0.05, 0) is 18.2 Å². The monoisotopic (exact) mass is 276 g/mol. The first-order valence-electron chi connectivity index (χ1n) is 5.47. The van der Waals surface area contributed by atoms with Gasteiger partial charge in [0.25, 0.3) is 5.91 Å². The average molecular weight is 276 g/mol. The Morgan fingerprint density at radius 2 is 2.20 bits per heavy atom. The third-order valence-electron chi connectivity index (χ3n) is 2.36. The molecule has 0 aliphatic heterocycles. The zero-order valence-electron chi connectivity index (χ0n) is 10.0. The molecule has 2 N–H and O–H groups in total. The standard InChI is InChI=1S/C13H9FN2O4/c14-11-5-9(2-1-8(11)3-4-12(17)18)13(19)16-10-6-15-20-7-10/h1-7H,(H,16,19)(H,17,18). The lowest BCUT2D eigenvalue weighted by atomic mass is 10.1. The summed E-state index contributed by atoms with van der Waals surface area (Å²) in [5, 5.41) is 14.3. The number of halogens is 1. The van der Waals surface area contributed by atoms with Gasteiger partial charge in [0.05, 0.1) is 6.20 Å². The highest BCUT2D eigenvalue weighted by Gasteiger charge is 2.10. The third-order valence-corrected chi connectivity index (χ3v) is 2.36. The number of nitrogens with one attached hydrogen (secondary N) is 1. The lowest BCUT2D eigenvalue weighted by molar-refractivity contribution is -0.131. The Morgan fingerprint density at radius 1 is 1.40 bits per heavy atom. The Bertz CT molecular complexity index is 665. The minimum absolute atomic E-state index is 0.0777. The Kier molecular flexibility index (Phi) is 3.90. The summed E-state index contributed by atoms with van der Waals surface area (Å²) < 4.78 is 18.2. The van der Waals surface area contributed by atoms with Gasteiger partial charge < -0.3 is 14.9 Å². The predicted molar refractivity (Wildman–Crippen MR) is 67.5 cm³/mol. The van der Waals surface area contributed by atoms with Gasteiger partial charge in [-0.1, -0.05) is 11.2 Å². The highest BCUT2D eigenvalue weighted by Crippen LogP contribution is 2.14. The zero-order valence-corrected chi connectivity index (χ0v) is 10.0. The molecule has 2 aromatic rings. The number of amides is 1. The van der Waals surface area contributed by atoms with Crippen LogP contribution in [0, 0.1) is 5.82 Å². The Morgan fingerprint density at radius 3 is 2.80 bits per heavy atom. The van der Waals surface area contributed by atoms with E-state index in [9.17, 15) is 14.0 Å². The van der Waals surface area contributed by atoms with Gasteiger partial charge in [0.15, 0.2) is 0 Å². The first-order valence-corrected chi connectivity index (χ1v) is 5.47. The van der Waals surface area contributed by atoms with Crippen LogP contribution in [-0.4, -0.2) is 22.1 Å². The van der Waals surface area contributed by atoms with Gasteiger partial charge in [-0.3, -0.25) is 4.79 Å². The van der Waals surface area contributed by atoms with E-state index in [1.54, 1.807) is 0 Å². The van der Waals surface area contributed by atoms with Gasteiger partial charge in [0.1, 0.15) is 17.8 Å². The number of benzene rings is 1. The first-order chi connectivity index (χ1) is 9.56. The number of aromatic nitrogens is 1. The van der Waals surface area contributed by atoms with Gasteiger partial charge in [0.2, 0.25) is 0 Å². The summed E-state index contributed by atoms with van der Waals surface area (Å²) in [4.78, 5) is 22.1. The molecule has 0 atom stereocenters. The van der Waals surface area contributed by atoms with E-state index in [0.717, 1.165) is 18.2 Å². The summed E-state index contributed by atoms with van der Waals surface area (Å²) in [6.45, 7) is 0. The predicted octanol–water partition coefficient (Wildman–Crippen LogP) is 2.16. The summed E-state index contributed by atoms with van der Waals surface area (Å²) in [5.74, 6) is -2.40. The number of carbonyl (C=O) groups excluding carboxylic acids is 1. The van der Waals surface area contributed by atoms with Crippen LogP contribution in [0.15, 0.2) is 41.3 Å². The zero-order chi connectivity index (χ0) is 14.5. The van der Waals surface area contributed by atoms with Gasteiger partial charge in [-0.15, -0.1) is 0 Å². The second kappa shape index (κ2) is 5.79. The van der Waals surface area contributed by atoms with Crippen LogP contribution in [0.1, 0.15) is 15.9 Å². The van der Waals surface area contributed by atoms with E-state index in [1.807, 2.05) is 0 Å². The molecule has 0 unspecified atom stereocenters. The molecule has 1 aromatic carbocycles. The lowest BCUT2D eigenvalue weighted by Crippen LogP contribution is -2.11. The van der Waals surface area contributed by atoms with Crippen molar-refractivity contribution in [2.45, 2.75) is 0 Å². The van der Waals surface area contributed by atoms with Crippen LogP contribution in [0.5, 0.6) is 0 Å². The molecule has 0 saturated heterocycles. The summed E-state index contributed by atoms with van der Waals surface area (Å²) in [6, 6.07) is 3.72. The van der Waals surface area contributed by atoms with Crippen molar-refractivity contribution in [2.75, 3.05) is 5.32 Å². The van der Waals surface area contributed by atoms with E-state index < -0.39 is 17.7 Å². The van der Waals surface area contributed by atoms with Crippen LogP contribution in [-0.2, 0) is 4.79 Å². The molecule has 0 radical (unpaired) electrons. The van der Waals surface area contributed by atoms with E-state index in [4.69, 9.17) is 5.11 Å². The second-order valence-electron chi connectivity index (χ2n) is 3.78. The highest BCUT2D eigenvalue weighted by atomic mass is 19.1. The van der Waals surface area contributed by atoms with Crippen LogP contribution >= 0.6 is 0 Å². The SMILES string of the molecule is O=C(O)C=Cc1ccc(C(=O)Nc2cnoc2)cc1F. The summed E-state index contributed by atoms with van der Waals surface area (Å²) in [5.41, 5.74) is 0.523. The van der Waals surface area contributed by atoms with Crippen LogP contribution in [0.2, 0.25) is 0 Å². The number of hydrogen-bond donors (Lipinski definition) is 2. The number of carbonyl (C=O) groups is 2. The summed E-state index contributed by atoms with van der Waals surface area (Å²) in [6.07, 6.45) is 4.46. The van der Waals surface area contributed by atoms with Crippen LogP contribution in [0.3, 0.4) is 0 Å². The molecule has 0 bridgehead atoms. The van der Waals surface area contributed by atoms with Crippen molar-refractivity contribution < 1.29 is 23.6 Å². The maximum absolute atomic E-state index is 13.7. The van der Waals surface area contributed by atoms with Crippen molar-refractivity contribution in [2.24, 2.45) is 0 Å². The molecule has 2 rings (SSSR count). The molecule has 0 fully saturated rings. The van der Waals surface area contributed by atoms with E-state index in [2.05, 4.69) is 15.0 Å². The lowest BCUT2D eigenvalue weighted by Gasteiger charge is -2.03. The molecule has 102 valence electrons. The van der Waals surface area contributed by atoms with Crippen LogP contribution in [0.25, 0.3) is 6.08 Å². The Hall–Kier alpha value is -2.96. The van der Waals surface area contributed by atoms with Crippen molar-refractivity contribution in [1.82, 2.24) is 5.16 Å². The fourth-order valence-electron chi connectivity index (χ4n) is 1.43. The van der Waals surface area contributed by atoms with Gasteiger partial charge in [-0.25, -0.2) is 9.18 Å². The maximum atomic E-state index is 13.7. The third kappa shape index (κ3) is 3.29. The molecule has 7 heteroatoms. The van der Waals surface area contributed by atoms with Crippen molar-refractivity contribution in [3.63, 3.8) is 0 Å². The maximum Gasteiger partial charge on any atom is 0.328 e. The largest absolute Gasteiger partial charge is 0.478 e. The Labute approximate surface area is 112 Å². The molecule has 20 heavy (non-hydrogen) atoms. The van der Waals surface area contributed by atoms with E-state index in [0.29, 0.717) is 5.69 Å². The first kappa shape index (κ1) is 13.5. The molecule has 1 amide bonds. The molecule has 0 spiro atoms. The van der Waals surface area contributed by atoms with Crippen molar-refractivity contribution in [3.8, 4) is 0 Å². The quantitative estimate of drug-likeness (QED) is 0.835. The number of hydrogen-bond acceptors (Lipinski definition) is 4. The van der Waals surface area contributed by atoms with Crippen molar-refractivity contribution >= 4 is 23.6 Å². The van der Waals surface area contributed by atoms with Gasteiger partial charge >= 0.3 is 5.97 Å².